The molecule has 6 heteroatoms. The van der Waals surface area contributed by atoms with Crippen LogP contribution in [0.1, 0.15) is 60.5 Å². The zero-order valence-electron chi connectivity index (χ0n) is 17.5. The quantitative estimate of drug-likeness (QED) is 0.727. The third-order valence-electron chi connectivity index (χ3n) is 5.37. The second-order valence-corrected chi connectivity index (χ2v) is 9.57. The fourth-order valence-electron chi connectivity index (χ4n) is 3.60. The van der Waals surface area contributed by atoms with E-state index in [1.807, 2.05) is 24.3 Å². The molecule has 1 fully saturated rings. The summed E-state index contributed by atoms with van der Waals surface area (Å²) in [5.41, 5.74) is 1.79. The number of rotatable bonds is 7. The van der Waals surface area contributed by atoms with Crippen molar-refractivity contribution >= 4 is 23.2 Å². The van der Waals surface area contributed by atoms with E-state index in [-0.39, 0.29) is 29.8 Å². The Morgan fingerprint density at radius 3 is 2.34 bits per heavy atom. The number of benzene rings is 1. The molecule has 29 heavy (non-hydrogen) atoms. The summed E-state index contributed by atoms with van der Waals surface area (Å²) in [6.07, 6.45) is 2.42. The third kappa shape index (κ3) is 5.90. The molecule has 2 N–H and O–H groups in total. The fourth-order valence-corrected chi connectivity index (χ4v) is 4.46. The summed E-state index contributed by atoms with van der Waals surface area (Å²) in [5.74, 6) is -0.389. The van der Waals surface area contributed by atoms with Crippen LogP contribution in [0, 0.1) is 0 Å². The summed E-state index contributed by atoms with van der Waals surface area (Å²) in [6.45, 7) is 9.10. The van der Waals surface area contributed by atoms with E-state index < -0.39 is 0 Å². The van der Waals surface area contributed by atoms with E-state index in [4.69, 9.17) is 0 Å². The standard InChI is InChI=1S/C23H31N3O2S/c1-23(2,3)18-10-8-17(9-11-18)22(28)25-16-21(27)24-15-19(20-7-6-14-29-20)26-12-4-5-13-26/h6-11,14,19H,4-5,12-13,15-16H2,1-3H3,(H,24,27)(H,25,28)/t19-/m0/s1. The zero-order valence-corrected chi connectivity index (χ0v) is 18.3. The predicted octanol–water partition coefficient (Wildman–Crippen LogP) is 3.73. The number of hydrogen-bond donors (Lipinski definition) is 2. The maximum absolute atomic E-state index is 12.3. The van der Waals surface area contributed by atoms with Gasteiger partial charge in [0.05, 0.1) is 12.6 Å². The topological polar surface area (TPSA) is 61.4 Å². The van der Waals surface area contributed by atoms with Crippen LogP contribution in [0.25, 0.3) is 0 Å². The molecular weight excluding hydrogens is 382 g/mol. The highest BCUT2D eigenvalue weighted by atomic mass is 32.1. The first-order valence-electron chi connectivity index (χ1n) is 10.3. The molecule has 156 valence electrons. The van der Waals surface area contributed by atoms with E-state index in [9.17, 15) is 9.59 Å². The van der Waals surface area contributed by atoms with Gasteiger partial charge in [0, 0.05) is 17.0 Å². The zero-order chi connectivity index (χ0) is 20.9. The molecule has 2 amide bonds. The molecule has 1 aliphatic heterocycles. The minimum atomic E-state index is -0.227. The normalized spacial score (nSPS) is 15.8. The largest absolute Gasteiger partial charge is 0.353 e. The number of hydrogen-bond acceptors (Lipinski definition) is 4. The van der Waals surface area contributed by atoms with Gasteiger partial charge >= 0.3 is 0 Å². The van der Waals surface area contributed by atoms with Crippen LogP contribution in [0.3, 0.4) is 0 Å². The molecule has 0 unspecified atom stereocenters. The second-order valence-electron chi connectivity index (χ2n) is 8.59. The van der Waals surface area contributed by atoms with Crippen molar-refractivity contribution in [3.8, 4) is 0 Å². The Labute approximate surface area is 177 Å². The van der Waals surface area contributed by atoms with Crippen molar-refractivity contribution in [1.82, 2.24) is 15.5 Å². The van der Waals surface area contributed by atoms with Gasteiger partial charge in [-0.05, 0) is 60.5 Å². The van der Waals surface area contributed by atoms with Gasteiger partial charge in [-0.25, -0.2) is 0 Å². The number of nitrogens with one attached hydrogen (secondary N) is 2. The van der Waals surface area contributed by atoms with Crippen LogP contribution in [0.4, 0.5) is 0 Å². The lowest BCUT2D eigenvalue weighted by molar-refractivity contribution is -0.120. The number of carbonyl (C=O) groups excluding carboxylic acids is 2. The number of nitrogens with zero attached hydrogens (tertiary/aromatic N) is 1. The Morgan fingerprint density at radius 1 is 1.07 bits per heavy atom. The summed E-state index contributed by atoms with van der Waals surface area (Å²) in [6, 6.07) is 12.0. The highest BCUT2D eigenvalue weighted by molar-refractivity contribution is 7.10. The van der Waals surface area contributed by atoms with Gasteiger partial charge in [0.15, 0.2) is 0 Å². The van der Waals surface area contributed by atoms with Gasteiger partial charge in [0.25, 0.3) is 5.91 Å². The molecule has 0 spiro atoms. The smallest absolute Gasteiger partial charge is 0.251 e. The summed E-state index contributed by atoms with van der Waals surface area (Å²) < 4.78 is 0. The summed E-state index contributed by atoms with van der Waals surface area (Å²) in [4.78, 5) is 28.4. The molecule has 1 aliphatic rings. The summed E-state index contributed by atoms with van der Waals surface area (Å²) in [7, 11) is 0. The molecule has 2 aromatic rings. The second kappa shape index (κ2) is 9.55. The molecule has 1 saturated heterocycles. The average molecular weight is 414 g/mol. The van der Waals surface area contributed by atoms with Gasteiger partial charge in [-0.3, -0.25) is 14.5 Å². The van der Waals surface area contributed by atoms with Crippen LogP contribution >= 0.6 is 11.3 Å². The Kier molecular flexibility index (Phi) is 7.09. The van der Waals surface area contributed by atoms with E-state index in [0.717, 1.165) is 13.1 Å². The van der Waals surface area contributed by atoms with Gasteiger partial charge < -0.3 is 10.6 Å². The van der Waals surface area contributed by atoms with Crippen LogP contribution in [0.5, 0.6) is 0 Å². The van der Waals surface area contributed by atoms with Crippen molar-refractivity contribution in [2.45, 2.75) is 45.1 Å². The van der Waals surface area contributed by atoms with E-state index in [1.165, 1.54) is 23.3 Å². The maximum Gasteiger partial charge on any atom is 0.251 e. The van der Waals surface area contributed by atoms with Crippen molar-refractivity contribution in [3.05, 3.63) is 57.8 Å². The van der Waals surface area contributed by atoms with Gasteiger partial charge in [0.1, 0.15) is 0 Å². The Morgan fingerprint density at radius 2 is 1.76 bits per heavy atom. The Hall–Kier alpha value is -2.18. The van der Waals surface area contributed by atoms with Crippen LogP contribution in [0.2, 0.25) is 0 Å². The summed E-state index contributed by atoms with van der Waals surface area (Å²) >= 11 is 1.73. The van der Waals surface area contributed by atoms with Crippen LogP contribution in [0.15, 0.2) is 41.8 Å². The van der Waals surface area contributed by atoms with Gasteiger partial charge in [-0.1, -0.05) is 39.0 Å². The van der Waals surface area contributed by atoms with Crippen LogP contribution in [-0.2, 0) is 10.2 Å². The molecule has 1 atom stereocenters. The van der Waals surface area contributed by atoms with Crippen LogP contribution < -0.4 is 10.6 Å². The highest BCUT2D eigenvalue weighted by Crippen LogP contribution is 2.27. The van der Waals surface area contributed by atoms with E-state index >= 15 is 0 Å². The molecule has 0 aliphatic carbocycles. The number of carbonyl (C=O) groups is 2. The van der Waals surface area contributed by atoms with Crippen molar-refractivity contribution in [2.75, 3.05) is 26.2 Å². The fraction of sp³-hybridized carbons (Fsp3) is 0.478. The molecule has 1 aromatic carbocycles. The monoisotopic (exact) mass is 413 g/mol. The lowest BCUT2D eigenvalue weighted by atomic mass is 9.87. The number of likely N-dealkylation sites (tertiary alicyclic amines) is 1. The van der Waals surface area contributed by atoms with Crippen molar-refractivity contribution in [2.24, 2.45) is 0 Å². The first-order valence-corrected chi connectivity index (χ1v) is 11.2. The molecule has 0 saturated carbocycles. The first kappa shape index (κ1) is 21.5. The molecule has 3 rings (SSSR count). The van der Waals surface area contributed by atoms with Gasteiger partial charge in [0.2, 0.25) is 5.91 Å². The molecule has 2 heterocycles. The molecule has 0 bridgehead atoms. The Bertz CT molecular complexity index is 804. The van der Waals surface area contributed by atoms with Crippen molar-refractivity contribution in [1.29, 1.82) is 0 Å². The predicted molar refractivity (Wildman–Crippen MR) is 118 cm³/mol. The molecule has 0 radical (unpaired) electrons. The average Bonchev–Trinajstić information content (AvgIpc) is 3.40. The SMILES string of the molecule is CC(C)(C)c1ccc(C(=O)NCC(=O)NC[C@@H](c2cccs2)N2CCCC2)cc1. The van der Waals surface area contributed by atoms with Gasteiger partial charge in [-0.2, -0.15) is 0 Å². The lowest BCUT2D eigenvalue weighted by Gasteiger charge is -2.27. The van der Waals surface area contributed by atoms with E-state index in [0.29, 0.717) is 12.1 Å². The van der Waals surface area contributed by atoms with Crippen molar-refractivity contribution < 1.29 is 9.59 Å². The first-order chi connectivity index (χ1) is 13.8. The molecule has 1 aromatic heterocycles. The Balaban J connectivity index is 1.49. The maximum atomic E-state index is 12.3. The highest BCUT2D eigenvalue weighted by Gasteiger charge is 2.24. The third-order valence-corrected chi connectivity index (χ3v) is 6.34. The lowest BCUT2D eigenvalue weighted by Crippen LogP contribution is -2.41. The molecular formula is C23H31N3O2S. The molecule has 5 nitrogen and oxygen atoms in total. The van der Waals surface area contributed by atoms with E-state index in [2.05, 4.69) is 53.8 Å². The minimum Gasteiger partial charge on any atom is -0.353 e. The number of thiophene rings is 1. The minimum absolute atomic E-state index is 0.0168. The van der Waals surface area contributed by atoms with Crippen LogP contribution in [-0.4, -0.2) is 42.9 Å². The van der Waals surface area contributed by atoms with Gasteiger partial charge in [-0.15, -0.1) is 11.3 Å². The number of amides is 2. The van der Waals surface area contributed by atoms with E-state index in [1.54, 1.807) is 11.3 Å². The van der Waals surface area contributed by atoms with Crippen molar-refractivity contribution in [3.63, 3.8) is 0 Å². The summed E-state index contributed by atoms with van der Waals surface area (Å²) in [5, 5.41) is 7.79.